The summed E-state index contributed by atoms with van der Waals surface area (Å²) in [6, 6.07) is 11.3. The average molecular weight is 536 g/mol. The lowest BCUT2D eigenvalue weighted by Gasteiger charge is -2.37. The average Bonchev–Trinajstić information content (AvgIpc) is 2.93. The van der Waals surface area contributed by atoms with Crippen LogP contribution in [0.2, 0.25) is 0 Å². The van der Waals surface area contributed by atoms with Crippen molar-refractivity contribution >= 4 is 32.7 Å². The van der Waals surface area contributed by atoms with Crippen molar-refractivity contribution in [2.75, 3.05) is 55.3 Å². The van der Waals surface area contributed by atoms with Crippen molar-refractivity contribution in [3.63, 3.8) is 0 Å². The smallest absolute Gasteiger partial charge is 0.265 e. The molecule has 0 saturated carbocycles. The lowest BCUT2D eigenvalue weighted by atomic mass is 10.0. The number of nitriles is 1. The number of piperidine rings is 1. The number of sulfone groups is 1. The van der Waals surface area contributed by atoms with Crippen LogP contribution >= 0.6 is 0 Å². The SMILES string of the molecule is [C-]#[N+]C(C#N)=C(C)c1ccc(N2CCN(C(=O)c3cc(S(C)(=O)=O)ccc3N3CCCCC3)CC2)c(F)c1. The highest BCUT2D eigenvalue weighted by Crippen LogP contribution is 2.30. The lowest BCUT2D eigenvalue weighted by Crippen LogP contribution is -2.49. The molecule has 2 saturated heterocycles. The molecule has 0 radical (unpaired) electrons. The van der Waals surface area contributed by atoms with Gasteiger partial charge >= 0.3 is 0 Å². The predicted octanol–water partition coefficient (Wildman–Crippen LogP) is 4.36. The zero-order valence-electron chi connectivity index (χ0n) is 21.6. The van der Waals surface area contributed by atoms with Crippen LogP contribution in [-0.2, 0) is 9.84 Å². The van der Waals surface area contributed by atoms with Gasteiger partial charge in [-0.05, 0) is 67.7 Å². The fraction of sp³-hybridized carbons (Fsp3) is 0.393. The van der Waals surface area contributed by atoms with Crippen molar-refractivity contribution in [1.29, 1.82) is 5.26 Å². The van der Waals surface area contributed by atoms with Crippen LogP contribution in [0.25, 0.3) is 10.4 Å². The van der Waals surface area contributed by atoms with Crippen molar-refractivity contribution in [3.05, 3.63) is 70.5 Å². The first-order valence-electron chi connectivity index (χ1n) is 12.6. The van der Waals surface area contributed by atoms with E-state index < -0.39 is 15.7 Å². The Bertz CT molecular complexity index is 1440. The molecule has 2 aromatic carbocycles. The van der Waals surface area contributed by atoms with Gasteiger partial charge in [0.15, 0.2) is 9.84 Å². The number of nitrogens with zero attached hydrogens (tertiary/aromatic N) is 5. The topological polar surface area (TPSA) is 89.1 Å². The summed E-state index contributed by atoms with van der Waals surface area (Å²) >= 11 is 0. The number of allylic oxidation sites excluding steroid dienone is 2. The normalized spacial score (nSPS) is 16.9. The Labute approximate surface area is 223 Å². The van der Waals surface area contributed by atoms with E-state index in [1.165, 1.54) is 12.1 Å². The molecule has 1 amide bonds. The van der Waals surface area contributed by atoms with E-state index in [4.69, 9.17) is 11.8 Å². The Morgan fingerprint density at radius 1 is 0.974 bits per heavy atom. The Morgan fingerprint density at radius 3 is 2.18 bits per heavy atom. The van der Waals surface area contributed by atoms with Crippen LogP contribution in [0.1, 0.15) is 42.1 Å². The largest absolute Gasteiger partial charge is 0.371 e. The Hall–Kier alpha value is -3.89. The Balaban J connectivity index is 1.53. The van der Waals surface area contributed by atoms with E-state index in [0.29, 0.717) is 48.6 Å². The fourth-order valence-corrected chi connectivity index (χ4v) is 5.62. The second-order valence-electron chi connectivity index (χ2n) is 9.64. The monoisotopic (exact) mass is 535 g/mol. The summed E-state index contributed by atoms with van der Waals surface area (Å²) in [5.41, 5.74) is 2.35. The summed E-state index contributed by atoms with van der Waals surface area (Å²) in [4.78, 5) is 22.7. The molecule has 0 N–H and O–H groups in total. The summed E-state index contributed by atoms with van der Waals surface area (Å²) in [5.74, 6) is -0.687. The van der Waals surface area contributed by atoms with Crippen LogP contribution < -0.4 is 9.80 Å². The first-order valence-corrected chi connectivity index (χ1v) is 14.4. The summed E-state index contributed by atoms with van der Waals surface area (Å²) in [6.07, 6.45) is 4.32. The van der Waals surface area contributed by atoms with E-state index in [1.54, 1.807) is 36.1 Å². The van der Waals surface area contributed by atoms with Gasteiger partial charge in [-0.25, -0.2) is 22.9 Å². The standard InChI is InChI=1S/C28H30FN5O3S/c1-20(25(19-30)31-2)21-7-9-27(24(29)17-21)33-13-15-34(16-14-33)28(35)23-18-22(38(3,36)37)8-10-26(23)32-11-5-4-6-12-32/h7-10,17-18H,4-6,11-16H2,1,3H3. The maximum Gasteiger partial charge on any atom is 0.265 e. The van der Waals surface area contributed by atoms with Crippen LogP contribution in [0.3, 0.4) is 0 Å². The number of carbonyl (C=O) groups excluding carboxylic acids is 1. The quantitative estimate of drug-likeness (QED) is 0.418. The van der Waals surface area contributed by atoms with E-state index in [1.807, 2.05) is 11.0 Å². The van der Waals surface area contributed by atoms with Gasteiger partial charge in [-0.2, -0.15) is 0 Å². The lowest BCUT2D eigenvalue weighted by molar-refractivity contribution is 0.0747. The van der Waals surface area contributed by atoms with Gasteiger partial charge in [-0.1, -0.05) is 6.07 Å². The molecule has 10 heteroatoms. The molecule has 0 spiro atoms. The number of carbonyl (C=O) groups is 1. The molecule has 2 aliphatic heterocycles. The summed E-state index contributed by atoms with van der Waals surface area (Å²) in [6.45, 7) is 11.9. The molecule has 0 unspecified atom stereocenters. The van der Waals surface area contributed by atoms with Gasteiger partial charge < -0.3 is 14.7 Å². The van der Waals surface area contributed by atoms with E-state index in [0.717, 1.165) is 44.3 Å². The maximum atomic E-state index is 15.0. The molecule has 2 fully saturated rings. The summed E-state index contributed by atoms with van der Waals surface area (Å²) in [5, 5.41) is 9.10. The molecule has 0 aliphatic carbocycles. The van der Waals surface area contributed by atoms with Gasteiger partial charge in [0.1, 0.15) is 5.82 Å². The van der Waals surface area contributed by atoms with Crippen molar-refractivity contribution in [1.82, 2.24) is 4.90 Å². The van der Waals surface area contributed by atoms with Crippen molar-refractivity contribution in [3.8, 4) is 6.07 Å². The molecule has 198 valence electrons. The van der Waals surface area contributed by atoms with Gasteiger partial charge in [-0.3, -0.25) is 4.79 Å². The predicted molar refractivity (Wildman–Crippen MR) is 145 cm³/mol. The minimum atomic E-state index is -3.48. The zero-order valence-corrected chi connectivity index (χ0v) is 22.4. The van der Waals surface area contributed by atoms with Gasteiger partial charge in [0.2, 0.25) is 0 Å². The summed E-state index contributed by atoms with van der Waals surface area (Å²) in [7, 11) is -3.48. The third-order valence-corrected chi connectivity index (χ3v) is 8.29. The molecule has 0 atom stereocenters. The van der Waals surface area contributed by atoms with Crippen molar-refractivity contribution in [2.24, 2.45) is 0 Å². The van der Waals surface area contributed by atoms with Crippen LogP contribution in [0, 0.1) is 23.7 Å². The Kier molecular flexibility index (Phi) is 8.03. The number of anilines is 2. The molecular weight excluding hydrogens is 505 g/mol. The summed E-state index contributed by atoms with van der Waals surface area (Å²) < 4.78 is 39.5. The molecule has 2 aromatic rings. The molecule has 0 aromatic heterocycles. The number of amides is 1. The Morgan fingerprint density at radius 2 is 1.61 bits per heavy atom. The molecule has 4 rings (SSSR count). The molecule has 2 aliphatic rings. The van der Waals surface area contributed by atoms with Crippen LogP contribution in [0.4, 0.5) is 15.8 Å². The number of hydrogen-bond donors (Lipinski definition) is 0. The number of rotatable bonds is 5. The highest BCUT2D eigenvalue weighted by atomic mass is 32.2. The van der Waals surface area contributed by atoms with Crippen LogP contribution in [-0.4, -0.2) is 64.7 Å². The molecular formula is C28H30FN5O3S. The van der Waals surface area contributed by atoms with Gasteiger partial charge in [0.05, 0.1) is 28.8 Å². The molecule has 38 heavy (non-hydrogen) atoms. The van der Waals surface area contributed by atoms with Gasteiger partial charge in [0, 0.05) is 51.2 Å². The van der Waals surface area contributed by atoms with Gasteiger partial charge in [0.25, 0.3) is 11.6 Å². The second-order valence-corrected chi connectivity index (χ2v) is 11.7. The number of piperazine rings is 1. The van der Waals surface area contributed by atoms with Crippen molar-refractivity contribution < 1.29 is 17.6 Å². The third-order valence-electron chi connectivity index (χ3n) is 7.18. The van der Waals surface area contributed by atoms with E-state index in [2.05, 4.69) is 9.74 Å². The zero-order chi connectivity index (χ0) is 27.4. The van der Waals surface area contributed by atoms with E-state index in [9.17, 15) is 13.2 Å². The first kappa shape index (κ1) is 27.2. The van der Waals surface area contributed by atoms with Crippen molar-refractivity contribution in [2.45, 2.75) is 31.1 Å². The number of halogens is 1. The molecule has 0 bridgehead atoms. The highest BCUT2D eigenvalue weighted by molar-refractivity contribution is 7.90. The maximum absolute atomic E-state index is 15.0. The minimum Gasteiger partial charge on any atom is -0.371 e. The second kappa shape index (κ2) is 11.2. The molecule has 8 nitrogen and oxygen atoms in total. The van der Waals surface area contributed by atoms with E-state index in [-0.39, 0.29) is 16.5 Å². The minimum absolute atomic E-state index is 0.0758. The van der Waals surface area contributed by atoms with E-state index >= 15 is 4.39 Å². The third kappa shape index (κ3) is 5.66. The fourth-order valence-electron chi connectivity index (χ4n) is 4.97. The first-order chi connectivity index (χ1) is 18.1. The number of benzene rings is 2. The van der Waals surface area contributed by atoms with Crippen LogP contribution in [0.15, 0.2) is 47.0 Å². The number of hydrogen-bond acceptors (Lipinski definition) is 6. The van der Waals surface area contributed by atoms with Gasteiger partial charge in [-0.15, -0.1) is 0 Å². The molecule has 2 heterocycles. The van der Waals surface area contributed by atoms with Crippen LogP contribution in [0.5, 0.6) is 0 Å². The highest BCUT2D eigenvalue weighted by Gasteiger charge is 2.28.